The molecule has 0 spiro atoms. The Labute approximate surface area is 90.5 Å². The maximum Gasteiger partial charge on any atom is 0.163 e. The number of allylic oxidation sites excluding steroid dienone is 1. The smallest absolute Gasteiger partial charge is 0.163 e. The van der Waals surface area contributed by atoms with Gasteiger partial charge in [-0.05, 0) is 32.1 Å². The number of anilines is 1. The summed E-state index contributed by atoms with van der Waals surface area (Å²) in [5, 5.41) is 0. The minimum Gasteiger partial charge on any atom is -0.493 e. The number of ether oxygens (including phenoxy) is 2. The van der Waals surface area contributed by atoms with Crippen molar-refractivity contribution in [1.82, 2.24) is 0 Å². The molecule has 0 saturated carbocycles. The van der Waals surface area contributed by atoms with Crippen LogP contribution in [-0.2, 0) is 0 Å². The highest BCUT2D eigenvalue weighted by atomic mass is 16.5. The van der Waals surface area contributed by atoms with E-state index in [9.17, 15) is 0 Å². The minimum absolute atomic E-state index is 0.530. The Morgan fingerprint density at radius 2 is 2.07 bits per heavy atom. The van der Waals surface area contributed by atoms with Crippen LogP contribution in [0.4, 0.5) is 5.69 Å². The van der Waals surface area contributed by atoms with Crippen LogP contribution in [0.25, 0.3) is 0 Å². The largest absolute Gasteiger partial charge is 0.493 e. The monoisotopic (exact) mass is 207 g/mol. The van der Waals surface area contributed by atoms with E-state index in [0.29, 0.717) is 23.8 Å². The van der Waals surface area contributed by atoms with E-state index in [1.165, 1.54) is 5.57 Å². The summed E-state index contributed by atoms with van der Waals surface area (Å²) >= 11 is 0. The zero-order valence-corrected chi connectivity index (χ0v) is 9.41. The van der Waals surface area contributed by atoms with Crippen molar-refractivity contribution in [3.8, 4) is 11.5 Å². The molecule has 0 aromatic heterocycles. The summed E-state index contributed by atoms with van der Waals surface area (Å²) in [5.41, 5.74) is 7.55. The second kappa shape index (κ2) is 5.29. The van der Waals surface area contributed by atoms with Crippen molar-refractivity contribution in [3.63, 3.8) is 0 Å². The third-order valence-electron chi connectivity index (χ3n) is 1.92. The molecule has 82 valence electrons. The molecule has 15 heavy (non-hydrogen) atoms. The summed E-state index contributed by atoms with van der Waals surface area (Å²) in [6.45, 7) is 4.59. The van der Waals surface area contributed by atoms with Gasteiger partial charge in [0.2, 0.25) is 0 Å². The summed E-state index contributed by atoms with van der Waals surface area (Å²) in [7, 11) is 1.61. The van der Waals surface area contributed by atoms with E-state index in [-0.39, 0.29) is 0 Å². The van der Waals surface area contributed by atoms with E-state index in [1.807, 2.05) is 19.9 Å². The van der Waals surface area contributed by atoms with Gasteiger partial charge in [-0.2, -0.15) is 0 Å². The van der Waals surface area contributed by atoms with Crippen LogP contribution in [0, 0.1) is 0 Å². The van der Waals surface area contributed by atoms with Crippen molar-refractivity contribution in [2.75, 3.05) is 19.5 Å². The Morgan fingerprint density at radius 3 is 2.67 bits per heavy atom. The number of nitrogen functional groups attached to an aromatic ring is 1. The summed E-state index contributed by atoms with van der Waals surface area (Å²) < 4.78 is 10.7. The van der Waals surface area contributed by atoms with Crippen LogP contribution in [0.2, 0.25) is 0 Å². The van der Waals surface area contributed by atoms with Gasteiger partial charge in [0.1, 0.15) is 6.61 Å². The van der Waals surface area contributed by atoms with Gasteiger partial charge in [0.25, 0.3) is 0 Å². The molecule has 0 aliphatic rings. The van der Waals surface area contributed by atoms with E-state index in [0.717, 1.165) is 0 Å². The average Bonchev–Trinajstić information content (AvgIpc) is 2.17. The van der Waals surface area contributed by atoms with Gasteiger partial charge in [-0.25, -0.2) is 0 Å². The van der Waals surface area contributed by atoms with Crippen LogP contribution in [0.1, 0.15) is 13.8 Å². The molecule has 0 radical (unpaired) electrons. The fourth-order valence-corrected chi connectivity index (χ4v) is 1.10. The van der Waals surface area contributed by atoms with Gasteiger partial charge in [-0.3, -0.25) is 0 Å². The number of rotatable bonds is 4. The Kier molecular flexibility index (Phi) is 4.03. The summed E-state index contributed by atoms with van der Waals surface area (Å²) in [6.07, 6.45) is 2.00. The number of nitrogens with two attached hydrogens (primary N) is 1. The number of benzene rings is 1. The molecule has 0 fully saturated rings. The maximum absolute atomic E-state index is 5.66. The summed E-state index contributed by atoms with van der Waals surface area (Å²) in [5.74, 6) is 1.38. The van der Waals surface area contributed by atoms with E-state index < -0.39 is 0 Å². The fraction of sp³-hybridized carbons (Fsp3) is 0.333. The van der Waals surface area contributed by atoms with Crippen LogP contribution < -0.4 is 15.2 Å². The molecule has 0 amide bonds. The third kappa shape index (κ3) is 3.54. The lowest BCUT2D eigenvalue weighted by molar-refractivity contribution is 0.326. The first kappa shape index (κ1) is 11.4. The third-order valence-corrected chi connectivity index (χ3v) is 1.92. The first-order valence-electron chi connectivity index (χ1n) is 4.83. The van der Waals surface area contributed by atoms with Gasteiger partial charge in [-0.1, -0.05) is 5.57 Å². The summed E-state index contributed by atoms with van der Waals surface area (Å²) in [6, 6.07) is 5.34. The molecular weight excluding hydrogens is 190 g/mol. The molecule has 0 saturated heterocycles. The molecule has 0 atom stereocenters. The van der Waals surface area contributed by atoms with Crippen molar-refractivity contribution in [2.45, 2.75) is 13.8 Å². The lowest BCUT2D eigenvalue weighted by Gasteiger charge is -2.09. The molecule has 1 aromatic rings. The average molecular weight is 207 g/mol. The van der Waals surface area contributed by atoms with Crippen molar-refractivity contribution < 1.29 is 9.47 Å². The molecule has 2 N–H and O–H groups in total. The fourth-order valence-electron chi connectivity index (χ4n) is 1.10. The van der Waals surface area contributed by atoms with Crippen molar-refractivity contribution in [2.24, 2.45) is 0 Å². The molecule has 3 nitrogen and oxygen atoms in total. The Hall–Kier alpha value is -1.64. The SMILES string of the molecule is COc1ccc(N)cc1OCC=C(C)C. The van der Waals surface area contributed by atoms with Gasteiger partial charge in [0.05, 0.1) is 7.11 Å². The molecule has 0 unspecified atom stereocenters. The van der Waals surface area contributed by atoms with Crippen LogP contribution in [0.5, 0.6) is 11.5 Å². The predicted octanol–water partition coefficient (Wildman–Crippen LogP) is 2.62. The Morgan fingerprint density at radius 1 is 1.33 bits per heavy atom. The molecule has 1 rings (SSSR count). The van der Waals surface area contributed by atoms with Gasteiger partial charge in [-0.15, -0.1) is 0 Å². The molecule has 0 aliphatic heterocycles. The van der Waals surface area contributed by atoms with Gasteiger partial charge in [0.15, 0.2) is 11.5 Å². The van der Waals surface area contributed by atoms with E-state index >= 15 is 0 Å². The Balaban J connectivity index is 2.74. The molecule has 1 aromatic carbocycles. The second-order valence-corrected chi connectivity index (χ2v) is 3.50. The van der Waals surface area contributed by atoms with Crippen LogP contribution in [-0.4, -0.2) is 13.7 Å². The van der Waals surface area contributed by atoms with Crippen LogP contribution in [0.15, 0.2) is 29.8 Å². The highest BCUT2D eigenvalue weighted by molar-refractivity contribution is 5.51. The molecule has 3 heteroatoms. The van der Waals surface area contributed by atoms with Crippen molar-refractivity contribution in [3.05, 3.63) is 29.8 Å². The molecular formula is C12H17NO2. The van der Waals surface area contributed by atoms with Crippen LogP contribution >= 0.6 is 0 Å². The normalized spacial score (nSPS) is 9.53. The standard InChI is InChI=1S/C12H17NO2/c1-9(2)6-7-15-12-8-10(13)4-5-11(12)14-3/h4-6,8H,7,13H2,1-3H3. The van der Waals surface area contributed by atoms with Crippen molar-refractivity contribution >= 4 is 5.69 Å². The zero-order valence-electron chi connectivity index (χ0n) is 9.41. The highest BCUT2D eigenvalue weighted by Gasteiger charge is 2.03. The molecule has 0 heterocycles. The Bertz CT molecular complexity index is 355. The first-order valence-corrected chi connectivity index (χ1v) is 4.83. The van der Waals surface area contributed by atoms with Crippen LogP contribution in [0.3, 0.4) is 0 Å². The van der Waals surface area contributed by atoms with E-state index in [1.54, 1.807) is 25.3 Å². The zero-order chi connectivity index (χ0) is 11.3. The molecule has 0 aliphatic carbocycles. The predicted molar refractivity (Wildman–Crippen MR) is 62.3 cm³/mol. The lowest BCUT2D eigenvalue weighted by Crippen LogP contribution is -1.98. The topological polar surface area (TPSA) is 44.5 Å². The van der Waals surface area contributed by atoms with Gasteiger partial charge < -0.3 is 15.2 Å². The van der Waals surface area contributed by atoms with E-state index in [4.69, 9.17) is 15.2 Å². The van der Waals surface area contributed by atoms with Crippen molar-refractivity contribution in [1.29, 1.82) is 0 Å². The minimum atomic E-state index is 0.530. The molecule has 0 bridgehead atoms. The maximum atomic E-state index is 5.66. The van der Waals surface area contributed by atoms with Gasteiger partial charge >= 0.3 is 0 Å². The number of hydrogen-bond donors (Lipinski definition) is 1. The number of hydrogen-bond acceptors (Lipinski definition) is 3. The second-order valence-electron chi connectivity index (χ2n) is 3.50. The quantitative estimate of drug-likeness (QED) is 0.609. The highest BCUT2D eigenvalue weighted by Crippen LogP contribution is 2.28. The van der Waals surface area contributed by atoms with Gasteiger partial charge in [0, 0.05) is 11.8 Å². The number of methoxy groups -OCH3 is 1. The van der Waals surface area contributed by atoms with E-state index in [2.05, 4.69) is 0 Å². The summed E-state index contributed by atoms with van der Waals surface area (Å²) in [4.78, 5) is 0. The first-order chi connectivity index (χ1) is 7.13. The lowest BCUT2D eigenvalue weighted by atomic mass is 10.3.